The van der Waals surface area contributed by atoms with Crippen LogP contribution < -0.4 is 15.8 Å². The van der Waals surface area contributed by atoms with Gasteiger partial charge in [-0.05, 0) is 6.42 Å². The summed E-state index contributed by atoms with van der Waals surface area (Å²) in [6, 6.07) is 4.62. The fourth-order valence-electron chi connectivity index (χ4n) is 1.31. The van der Waals surface area contributed by atoms with Gasteiger partial charge in [-0.25, -0.2) is 0 Å². The number of hydrogen-bond donors (Lipinski definition) is 2. The second kappa shape index (κ2) is 6.70. The van der Waals surface area contributed by atoms with Crippen molar-refractivity contribution in [3.63, 3.8) is 0 Å². The molecule has 0 aliphatic heterocycles. The molecule has 6 nitrogen and oxygen atoms in total. The van der Waals surface area contributed by atoms with Crippen LogP contribution in [0.2, 0.25) is 0 Å². The number of nitrogens with two attached hydrogens (primary N) is 1. The first kappa shape index (κ1) is 13.2. The third-order valence-electron chi connectivity index (χ3n) is 2.05. The number of ether oxygens (including phenoxy) is 1. The molecule has 3 N–H and O–H groups in total. The molecule has 0 fully saturated rings. The van der Waals surface area contributed by atoms with E-state index in [1.165, 1.54) is 12.1 Å². The molecule has 0 spiro atoms. The predicted molar refractivity (Wildman–Crippen MR) is 66.4 cm³/mol. The van der Waals surface area contributed by atoms with Crippen LogP contribution in [0.4, 0.5) is 11.4 Å². The highest BCUT2D eigenvalue weighted by Crippen LogP contribution is 2.25. The van der Waals surface area contributed by atoms with E-state index < -0.39 is 4.92 Å². The third-order valence-corrected chi connectivity index (χ3v) is 2.05. The minimum absolute atomic E-state index is 0.0122. The summed E-state index contributed by atoms with van der Waals surface area (Å²) >= 11 is 0. The van der Waals surface area contributed by atoms with E-state index in [9.17, 15) is 10.1 Å². The maximum absolute atomic E-state index is 10.8. The number of anilines is 1. The molecule has 0 atom stereocenters. The quantitative estimate of drug-likeness (QED) is 0.558. The molecular formula is C11H17N3O3. The summed E-state index contributed by atoms with van der Waals surface area (Å²) in [6.45, 7) is 3.55. The first-order chi connectivity index (χ1) is 8.17. The van der Waals surface area contributed by atoms with Gasteiger partial charge < -0.3 is 15.8 Å². The Morgan fingerprint density at radius 1 is 1.47 bits per heavy atom. The minimum Gasteiger partial charge on any atom is -0.493 e. The van der Waals surface area contributed by atoms with Gasteiger partial charge in [-0.3, -0.25) is 10.1 Å². The Morgan fingerprint density at radius 3 is 2.82 bits per heavy atom. The van der Waals surface area contributed by atoms with E-state index in [0.717, 1.165) is 6.42 Å². The molecule has 1 aromatic carbocycles. The summed E-state index contributed by atoms with van der Waals surface area (Å²) in [5, 5.41) is 13.7. The largest absolute Gasteiger partial charge is 0.493 e. The molecule has 6 heteroatoms. The van der Waals surface area contributed by atoms with E-state index >= 15 is 0 Å². The van der Waals surface area contributed by atoms with Crippen molar-refractivity contribution in [1.29, 1.82) is 0 Å². The van der Waals surface area contributed by atoms with Gasteiger partial charge in [0.1, 0.15) is 5.75 Å². The van der Waals surface area contributed by atoms with Crippen molar-refractivity contribution >= 4 is 11.4 Å². The zero-order chi connectivity index (χ0) is 12.7. The Kier molecular flexibility index (Phi) is 5.22. The van der Waals surface area contributed by atoms with Gasteiger partial charge in [0.05, 0.1) is 17.6 Å². The second-order valence-corrected chi connectivity index (χ2v) is 3.54. The highest BCUT2D eigenvalue weighted by Gasteiger charge is 2.10. The number of benzene rings is 1. The zero-order valence-corrected chi connectivity index (χ0v) is 9.81. The van der Waals surface area contributed by atoms with Gasteiger partial charge in [-0.15, -0.1) is 0 Å². The van der Waals surface area contributed by atoms with Crippen LogP contribution in [-0.2, 0) is 0 Å². The molecule has 0 amide bonds. The average molecular weight is 239 g/mol. The third kappa shape index (κ3) is 4.28. The molecule has 0 radical (unpaired) electrons. The molecule has 1 rings (SSSR count). The summed E-state index contributed by atoms with van der Waals surface area (Å²) in [5.41, 5.74) is 6.03. The smallest absolute Gasteiger partial charge is 0.275 e. The molecule has 0 saturated carbocycles. The van der Waals surface area contributed by atoms with Crippen LogP contribution in [0.3, 0.4) is 0 Å². The number of non-ortho nitro benzene ring substituents is 1. The molecule has 1 aromatic rings. The molecule has 0 saturated heterocycles. The topological polar surface area (TPSA) is 90.4 Å². The Bertz CT molecular complexity index is 356. The van der Waals surface area contributed by atoms with Crippen molar-refractivity contribution < 1.29 is 9.66 Å². The van der Waals surface area contributed by atoms with Crippen LogP contribution >= 0.6 is 0 Å². The summed E-state index contributed by atoms with van der Waals surface area (Å²) in [4.78, 5) is 10.3. The Balaban J connectivity index is 2.88. The van der Waals surface area contributed by atoms with Gasteiger partial charge in [-0.1, -0.05) is 6.92 Å². The number of nitrogens with zero attached hydrogens (tertiary/aromatic N) is 1. The van der Waals surface area contributed by atoms with Crippen molar-refractivity contribution in [3.05, 3.63) is 28.3 Å². The maximum Gasteiger partial charge on any atom is 0.275 e. The summed E-state index contributed by atoms with van der Waals surface area (Å²) in [6.07, 6.45) is 0.855. The van der Waals surface area contributed by atoms with Gasteiger partial charge in [-0.2, -0.15) is 0 Å². The van der Waals surface area contributed by atoms with Gasteiger partial charge in [0.2, 0.25) is 0 Å². The van der Waals surface area contributed by atoms with Gasteiger partial charge >= 0.3 is 0 Å². The molecule has 0 bridgehead atoms. The van der Waals surface area contributed by atoms with Crippen LogP contribution in [-0.4, -0.2) is 24.6 Å². The van der Waals surface area contributed by atoms with Gasteiger partial charge in [0.25, 0.3) is 5.69 Å². The fourth-order valence-corrected chi connectivity index (χ4v) is 1.31. The summed E-state index contributed by atoms with van der Waals surface area (Å²) < 4.78 is 5.39. The zero-order valence-electron chi connectivity index (χ0n) is 9.81. The Labute approximate surface area is 99.9 Å². The van der Waals surface area contributed by atoms with Crippen molar-refractivity contribution in [2.24, 2.45) is 5.73 Å². The first-order valence-corrected chi connectivity index (χ1v) is 5.53. The van der Waals surface area contributed by atoms with E-state index in [0.29, 0.717) is 31.1 Å². The molecule has 0 heterocycles. The van der Waals surface area contributed by atoms with Crippen LogP contribution in [0, 0.1) is 10.1 Å². The average Bonchev–Trinajstić information content (AvgIpc) is 2.33. The van der Waals surface area contributed by atoms with Gasteiger partial charge in [0.15, 0.2) is 0 Å². The SMILES string of the molecule is CCCOc1cc(NCCN)cc([N+](=O)[O-])c1. The van der Waals surface area contributed by atoms with E-state index in [-0.39, 0.29) is 5.69 Å². The van der Waals surface area contributed by atoms with Crippen LogP contribution in [0.1, 0.15) is 13.3 Å². The summed E-state index contributed by atoms with van der Waals surface area (Å²) in [7, 11) is 0. The molecule has 0 unspecified atom stereocenters. The second-order valence-electron chi connectivity index (χ2n) is 3.54. The highest BCUT2D eigenvalue weighted by atomic mass is 16.6. The van der Waals surface area contributed by atoms with Crippen molar-refractivity contribution in [2.75, 3.05) is 25.0 Å². The molecule has 0 aliphatic carbocycles. The normalized spacial score (nSPS) is 10.0. The fraction of sp³-hybridized carbons (Fsp3) is 0.455. The molecule has 0 aliphatic rings. The molecular weight excluding hydrogens is 222 g/mol. The lowest BCUT2D eigenvalue weighted by Gasteiger charge is -2.08. The lowest BCUT2D eigenvalue weighted by atomic mass is 10.2. The van der Waals surface area contributed by atoms with E-state index in [1.54, 1.807) is 6.07 Å². The number of rotatable bonds is 7. The number of nitro groups is 1. The number of nitro benzene ring substituents is 1. The maximum atomic E-state index is 10.8. The molecule has 0 aromatic heterocycles. The Hall–Kier alpha value is -1.82. The van der Waals surface area contributed by atoms with E-state index in [4.69, 9.17) is 10.5 Å². The monoisotopic (exact) mass is 239 g/mol. The molecule has 94 valence electrons. The first-order valence-electron chi connectivity index (χ1n) is 5.53. The van der Waals surface area contributed by atoms with E-state index in [2.05, 4.69) is 5.32 Å². The van der Waals surface area contributed by atoms with Crippen molar-refractivity contribution in [2.45, 2.75) is 13.3 Å². The lowest BCUT2D eigenvalue weighted by Crippen LogP contribution is -2.13. The van der Waals surface area contributed by atoms with Crippen molar-refractivity contribution in [1.82, 2.24) is 0 Å². The highest BCUT2D eigenvalue weighted by molar-refractivity contribution is 5.56. The van der Waals surface area contributed by atoms with Crippen LogP contribution in [0.25, 0.3) is 0 Å². The number of nitrogens with one attached hydrogen (secondary N) is 1. The number of hydrogen-bond acceptors (Lipinski definition) is 5. The van der Waals surface area contributed by atoms with Crippen LogP contribution in [0.15, 0.2) is 18.2 Å². The van der Waals surface area contributed by atoms with Crippen LogP contribution in [0.5, 0.6) is 5.75 Å². The summed E-state index contributed by atoms with van der Waals surface area (Å²) in [5.74, 6) is 0.501. The standard InChI is InChI=1S/C11H17N3O3/c1-2-5-17-11-7-9(13-4-3-12)6-10(8-11)14(15)16/h6-8,13H,2-5,12H2,1H3. The van der Waals surface area contributed by atoms with E-state index in [1.807, 2.05) is 6.92 Å². The van der Waals surface area contributed by atoms with Gasteiger partial charge in [0, 0.05) is 30.9 Å². The van der Waals surface area contributed by atoms with Crippen molar-refractivity contribution in [3.8, 4) is 5.75 Å². The molecule has 17 heavy (non-hydrogen) atoms. The predicted octanol–water partition coefficient (Wildman–Crippen LogP) is 1.75. The lowest BCUT2D eigenvalue weighted by molar-refractivity contribution is -0.384. The Morgan fingerprint density at radius 2 is 2.24 bits per heavy atom. The minimum atomic E-state index is -0.438.